The van der Waals surface area contributed by atoms with Crippen LogP contribution in [0.1, 0.15) is 12.0 Å². The van der Waals surface area contributed by atoms with Crippen LogP contribution in [0.25, 0.3) is 10.8 Å². The molecule has 22 heavy (non-hydrogen) atoms. The molecule has 3 aromatic rings. The minimum Gasteiger partial charge on any atom is -0.356 e. The second kappa shape index (κ2) is 6.89. The third-order valence-corrected chi connectivity index (χ3v) is 3.65. The molecule has 0 radical (unpaired) electrons. The number of imidazole rings is 1. The molecule has 2 aromatic carbocycles. The van der Waals surface area contributed by atoms with Crippen molar-refractivity contribution in [3.63, 3.8) is 0 Å². The molecule has 1 aromatic heterocycles. The summed E-state index contributed by atoms with van der Waals surface area (Å²) in [6, 6.07) is 14.4. The van der Waals surface area contributed by atoms with E-state index in [1.54, 1.807) is 12.5 Å². The normalized spacial score (nSPS) is 10.7. The summed E-state index contributed by atoms with van der Waals surface area (Å²) in [5.41, 5.74) is 1.05. The zero-order chi connectivity index (χ0) is 15.2. The van der Waals surface area contributed by atoms with Crippen molar-refractivity contribution in [1.82, 2.24) is 14.9 Å². The molecule has 1 heterocycles. The number of nitrogens with zero attached hydrogens (tertiary/aromatic N) is 2. The van der Waals surface area contributed by atoms with Crippen LogP contribution in [0.15, 0.2) is 61.2 Å². The second-order valence-electron chi connectivity index (χ2n) is 5.36. The van der Waals surface area contributed by atoms with Crippen molar-refractivity contribution in [2.45, 2.75) is 19.4 Å². The van der Waals surface area contributed by atoms with E-state index in [0.717, 1.165) is 18.5 Å². The standard InChI is InChI=1S/C18H19N3O/c22-18(20-8-3-10-21-11-9-19-14-21)13-15-6-7-16-4-1-2-5-17(16)12-15/h1-2,4-7,9,11-12,14H,3,8,10,13H2,(H,20,22). The molecule has 4 heteroatoms. The van der Waals surface area contributed by atoms with Crippen LogP contribution in [0.2, 0.25) is 0 Å². The van der Waals surface area contributed by atoms with Gasteiger partial charge >= 0.3 is 0 Å². The van der Waals surface area contributed by atoms with Gasteiger partial charge in [0.1, 0.15) is 0 Å². The van der Waals surface area contributed by atoms with E-state index >= 15 is 0 Å². The molecule has 112 valence electrons. The molecule has 0 aliphatic carbocycles. The zero-order valence-electron chi connectivity index (χ0n) is 12.4. The Hall–Kier alpha value is -2.62. The van der Waals surface area contributed by atoms with Crippen LogP contribution in [0.4, 0.5) is 0 Å². The van der Waals surface area contributed by atoms with Crippen molar-refractivity contribution < 1.29 is 4.79 Å². The van der Waals surface area contributed by atoms with Crippen molar-refractivity contribution in [2.75, 3.05) is 6.54 Å². The fourth-order valence-electron chi connectivity index (χ4n) is 2.51. The van der Waals surface area contributed by atoms with Gasteiger partial charge in [-0.2, -0.15) is 0 Å². The average molecular weight is 293 g/mol. The van der Waals surface area contributed by atoms with Gasteiger partial charge in [0.15, 0.2) is 0 Å². The SMILES string of the molecule is O=C(Cc1ccc2ccccc2c1)NCCCn1ccnc1. The number of hydrogen-bond donors (Lipinski definition) is 1. The molecule has 1 amide bonds. The number of aryl methyl sites for hydroxylation is 1. The summed E-state index contributed by atoms with van der Waals surface area (Å²) in [5.74, 6) is 0.0703. The maximum Gasteiger partial charge on any atom is 0.224 e. The minimum atomic E-state index is 0.0703. The van der Waals surface area contributed by atoms with Gasteiger partial charge < -0.3 is 9.88 Å². The van der Waals surface area contributed by atoms with Gasteiger partial charge in [-0.25, -0.2) is 4.98 Å². The molecule has 3 rings (SSSR count). The van der Waals surface area contributed by atoms with Crippen molar-refractivity contribution >= 4 is 16.7 Å². The van der Waals surface area contributed by atoms with E-state index in [1.165, 1.54) is 10.8 Å². The van der Waals surface area contributed by atoms with Gasteiger partial charge in [0.2, 0.25) is 5.91 Å². The van der Waals surface area contributed by atoms with Gasteiger partial charge in [-0.1, -0.05) is 42.5 Å². The lowest BCUT2D eigenvalue weighted by Crippen LogP contribution is -2.26. The Kier molecular flexibility index (Phi) is 4.49. The Balaban J connectivity index is 1.48. The van der Waals surface area contributed by atoms with Gasteiger partial charge in [-0.3, -0.25) is 4.79 Å². The number of aromatic nitrogens is 2. The van der Waals surface area contributed by atoms with E-state index in [-0.39, 0.29) is 5.91 Å². The first kappa shape index (κ1) is 14.3. The average Bonchev–Trinajstić information content (AvgIpc) is 3.05. The molecule has 0 fully saturated rings. The molecule has 0 unspecified atom stereocenters. The van der Waals surface area contributed by atoms with E-state index in [4.69, 9.17) is 0 Å². The Bertz CT molecular complexity index is 750. The predicted octanol–water partition coefficient (Wildman–Crippen LogP) is 2.79. The van der Waals surface area contributed by atoms with Crippen LogP contribution in [0.3, 0.4) is 0 Å². The lowest BCUT2D eigenvalue weighted by Gasteiger charge is -2.07. The third-order valence-electron chi connectivity index (χ3n) is 3.65. The van der Waals surface area contributed by atoms with Crippen molar-refractivity contribution in [1.29, 1.82) is 0 Å². The Morgan fingerprint density at radius 3 is 2.82 bits per heavy atom. The highest BCUT2D eigenvalue weighted by atomic mass is 16.1. The first-order valence-electron chi connectivity index (χ1n) is 7.51. The maximum absolute atomic E-state index is 12.0. The zero-order valence-corrected chi connectivity index (χ0v) is 12.4. The van der Waals surface area contributed by atoms with Crippen LogP contribution in [-0.4, -0.2) is 22.0 Å². The van der Waals surface area contributed by atoms with E-state index in [9.17, 15) is 4.79 Å². The summed E-state index contributed by atoms with van der Waals surface area (Å²) >= 11 is 0. The summed E-state index contributed by atoms with van der Waals surface area (Å²) in [6.07, 6.45) is 6.81. The van der Waals surface area contributed by atoms with E-state index < -0.39 is 0 Å². The number of nitrogens with one attached hydrogen (secondary N) is 1. The van der Waals surface area contributed by atoms with Gasteiger partial charge in [-0.05, 0) is 22.8 Å². The molecular formula is C18H19N3O. The van der Waals surface area contributed by atoms with Crippen LogP contribution in [-0.2, 0) is 17.8 Å². The molecule has 0 aliphatic rings. The minimum absolute atomic E-state index is 0.0703. The quantitative estimate of drug-likeness (QED) is 0.710. The van der Waals surface area contributed by atoms with Crippen LogP contribution in [0, 0.1) is 0 Å². The summed E-state index contributed by atoms with van der Waals surface area (Å²) in [6.45, 7) is 1.56. The van der Waals surface area contributed by atoms with E-state index in [0.29, 0.717) is 13.0 Å². The molecular weight excluding hydrogens is 274 g/mol. The molecule has 0 spiro atoms. The maximum atomic E-state index is 12.0. The highest BCUT2D eigenvalue weighted by Gasteiger charge is 2.03. The smallest absolute Gasteiger partial charge is 0.224 e. The molecule has 4 nitrogen and oxygen atoms in total. The van der Waals surface area contributed by atoms with Gasteiger partial charge in [0, 0.05) is 25.5 Å². The summed E-state index contributed by atoms with van der Waals surface area (Å²) in [4.78, 5) is 16.0. The number of carbonyl (C=O) groups excluding carboxylic acids is 1. The van der Waals surface area contributed by atoms with Gasteiger partial charge in [0.05, 0.1) is 12.7 Å². The summed E-state index contributed by atoms with van der Waals surface area (Å²) in [5, 5.41) is 5.34. The number of benzene rings is 2. The first-order chi connectivity index (χ1) is 10.8. The van der Waals surface area contributed by atoms with Crippen molar-refractivity contribution in [2.24, 2.45) is 0 Å². The number of fused-ring (bicyclic) bond motifs is 1. The predicted molar refractivity (Wildman–Crippen MR) is 87.5 cm³/mol. The van der Waals surface area contributed by atoms with Crippen LogP contribution >= 0.6 is 0 Å². The number of hydrogen-bond acceptors (Lipinski definition) is 2. The molecule has 0 atom stereocenters. The number of rotatable bonds is 6. The van der Waals surface area contributed by atoms with Crippen LogP contribution in [0.5, 0.6) is 0 Å². The third kappa shape index (κ3) is 3.73. The van der Waals surface area contributed by atoms with E-state index in [2.05, 4.69) is 34.6 Å². The van der Waals surface area contributed by atoms with Crippen molar-refractivity contribution in [3.05, 3.63) is 66.7 Å². The topological polar surface area (TPSA) is 46.9 Å². The van der Waals surface area contributed by atoms with Crippen molar-refractivity contribution in [3.8, 4) is 0 Å². The highest BCUT2D eigenvalue weighted by molar-refractivity contribution is 5.85. The Labute approximate surface area is 129 Å². The molecule has 0 saturated carbocycles. The highest BCUT2D eigenvalue weighted by Crippen LogP contribution is 2.15. The second-order valence-corrected chi connectivity index (χ2v) is 5.36. The molecule has 0 bridgehead atoms. The fourth-order valence-corrected chi connectivity index (χ4v) is 2.51. The number of carbonyl (C=O) groups is 1. The fraction of sp³-hybridized carbons (Fsp3) is 0.222. The summed E-state index contributed by atoms with van der Waals surface area (Å²) < 4.78 is 2.01. The lowest BCUT2D eigenvalue weighted by atomic mass is 10.0. The lowest BCUT2D eigenvalue weighted by molar-refractivity contribution is -0.120. The Morgan fingerprint density at radius 1 is 1.14 bits per heavy atom. The monoisotopic (exact) mass is 293 g/mol. The Morgan fingerprint density at radius 2 is 2.00 bits per heavy atom. The molecule has 0 aliphatic heterocycles. The van der Waals surface area contributed by atoms with Gasteiger partial charge in [0.25, 0.3) is 0 Å². The van der Waals surface area contributed by atoms with Gasteiger partial charge in [-0.15, -0.1) is 0 Å². The van der Waals surface area contributed by atoms with E-state index in [1.807, 2.05) is 29.0 Å². The molecule has 1 N–H and O–H groups in total. The first-order valence-corrected chi connectivity index (χ1v) is 7.51. The summed E-state index contributed by atoms with van der Waals surface area (Å²) in [7, 11) is 0. The molecule has 0 saturated heterocycles. The number of amides is 1. The largest absolute Gasteiger partial charge is 0.356 e. The van der Waals surface area contributed by atoms with Crippen LogP contribution < -0.4 is 5.32 Å².